The summed E-state index contributed by atoms with van der Waals surface area (Å²) < 4.78 is 4.83. The highest BCUT2D eigenvalue weighted by atomic mass is 35.5. The summed E-state index contributed by atoms with van der Waals surface area (Å²) in [4.78, 5) is 37.7. The number of benzene rings is 2. The monoisotopic (exact) mass is 1220 g/mol. The quantitative estimate of drug-likeness (QED) is 0.0276. The van der Waals surface area contributed by atoms with Crippen molar-refractivity contribution in [2.75, 3.05) is 95.0 Å². The van der Waals surface area contributed by atoms with Gasteiger partial charge in [0.25, 0.3) is 0 Å². The van der Waals surface area contributed by atoms with Crippen LogP contribution in [0.25, 0.3) is 0 Å². The molecule has 0 aliphatic heterocycles. The van der Waals surface area contributed by atoms with Gasteiger partial charge in [-0.1, -0.05) is 110 Å². The number of nitrogens with one attached hydrogen (secondary N) is 8. The number of hydrogen-bond donors (Lipinski definition) is 9. The van der Waals surface area contributed by atoms with Gasteiger partial charge in [-0.05, 0) is 111 Å². The lowest BCUT2D eigenvalue weighted by Crippen LogP contribution is -2.13. The molecule has 3 heterocycles. The molecule has 0 unspecified atom stereocenters. The van der Waals surface area contributed by atoms with Gasteiger partial charge in [0.05, 0.1) is 39.7 Å². The van der Waals surface area contributed by atoms with Gasteiger partial charge in [0, 0.05) is 45.9 Å². The van der Waals surface area contributed by atoms with Crippen LogP contribution in [-0.4, -0.2) is 97.3 Å². The second-order valence-electron chi connectivity index (χ2n) is 14.1. The van der Waals surface area contributed by atoms with Crippen molar-refractivity contribution in [3.8, 4) is 73.1 Å². The van der Waals surface area contributed by atoms with Crippen molar-refractivity contribution >= 4 is 130 Å². The fraction of sp³-hybridized carbons (Fsp3) is 0.377. The van der Waals surface area contributed by atoms with Crippen molar-refractivity contribution in [3.63, 3.8) is 0 Å². The molecule has 0 aliphatic rings. The van der Waals surface area contributed by atoms with Crippen LogP contribution in [0.5, 0.6) is 0 Å². The Balaban J connectivity index is -0.000000480. The molecule has 3 aromatic heterocycles. The third-order valence-electron chi connectivity index (χ3n) is 8.12. The Labute approximate surface area is 505 Å². The van der Waals surface area contributed by atoms with Crippen LogP contribution in [0.1, 0.15) is 79.4 Å². The average Bonchev–Trinajstić information content (AvgIpc) is 3.41. The van der Waals surface area contributed by atoms with Gasteiger partial charge in [0.15, 0.2) is 0 Å². The molecule has 0 spiro atoms. The molecule has 0 saturated carbocycles. The van der Waals surface area contributed by atoms with Crippen molar-refractivity contribution in [3.05, 3.63) is 72.9 Å². The fourth-order valence-corrected chi connectivity index (χ4v) is 5.63. The van der Waals surface area contributed by atoms with E-state index in [1.165, 1.54) is 0 Å². The largest absolute Gasteiger partial charge is 0.382 e. The summed E-state index contributed by atoms with van der Waals surface area (Å²) in [5.41, 5.74) is 1.93. The first-order chi connectivity index (χ1) is 36.3. The number of rotatable bonds is 23. The van der Waals surface area contributed by atoms with Crippen LogP contribution in [0.3, 0.4) is 0 Å². The third-order valence-corrected chi connectivity index (χ3v) is 9.77. The molecule has 0 radical (unpaired) electrons. The van der Waals surface area contributed by atoms with E-state index in [0.717, 1.165) is 63.2 Å². The molecule has 0 saturated heterocycles. The molecule has 5 aromatic rings. The van der Waals surface area contributed by atoms with Crippen molar-refractivity contribution in [1.82, 2.24) is 51.0 Å². The SMILES string of the molecule is C.C#CC#CC#CC.C#CCNc1nc(Cl)nc(NCCC)n1.C#CCNc1nc(NCCC)nc(NCc2ccc(Cl)c(Cl)c2)n1.C#CCNc1nc(NCCC)nc(NCc2ccc(Cl)c(Cl)c2)n1.CCOCC.Cl.Cl.N. The number of nitrogens with zero attached hydrogens (tertiary/aromatic N) is 9. The fourth-order valence-electron chi connectivity index (χ4n) is 4.83. The van der Waals surface area contributed by atoms with Crippen LogP contribution >= 0.6 is 82.8 Å². The molecule has 0 atom stereocenters. The molecule has 0 aliphatic carbocycles. The third kappa shape index (κ3) is 37.6. The van der Waals surface area contributed by atoms with E-state index in [0.29, 0.717) is 100 Å². The Kier molecular flexibility index (Phi) is 50.5. The second-order valence-corrected chi connectivity index (χ2v) is 16.0. The van der Waals surface area contributed by atoms with Crippen LogP contribution in [0.4, 0.5) is 47.6 Å². The van der Waals surface area contributed by atoms with Crippen LogP contribution in [-0.2, 0) is 17.8 Å². The lowest BCUT2D eigenvalue weighted by Gasteiger charge is -2.10. The van der Waals surface area contributed by atoms with E-state index >= 15 is 0 Å². The Morgan fingerprint density at radius 1 is 0.443 bits per heavy atom. The molecular formula is C53H71Cl7N18O. The topological polar surface area (TPSA) is 256 Å². The molecule has 5 rings (SSSR count). The highest BCUT2D eigenvalue weighted by Crippen LogP contribution is 2.24. The van der Waals surface area contributed by atoms with Gasteiger partial charge in [-0.2, -0.15) is 44.9 Å². The highest BCUT2D eigenvalue weighted by molar-refractivity contribution is 6.42. The molecule has 0 bridgehead atoms. The molecule has 19 nitrogen and oxygen atoms in total. The maximum Gasteiger partial charge on any atom is 0.230 e. The first-order valence-corrected chi connectivity index (χ1v) is 25.2. The molecular weight excluding hydrogens is 1150 g/mol. The summed E-state index contributed by atoms with van der Waals surface area (Å²) in [5.74, 6) is 22.9. The molecule has 26 heteroatoms. The lowest BCUT2D eigenvalue weighted by molar-refractivity contribution is 0.162. The molecule has 0 amide bonds. The van der Waals surface area contributed by atoms with E-state index in [1.807, 2.05) is 32.9 Å². The minimum Gasteiger partial charge on any atom is -0.382 e. The molecule has 79 heavy (non-hydrogen) atoms. The zero-order valence-corrected chi connectivity index (χ0v) is 49.7. The van der Waals surface area contributed by atoms with Crippen molar-refractivity contribution in [1.29, 1.82) is 0 Å². The van der Waals surface area contributed by atoms with E-state index < -0.39 is 0 Å². The second kappa shape index (κ2) is 50.7. The van der Waals surface area contributed by atoms with Gasteiger partial charge in [0.2, 0.25) is 52.9 Å². The number of aromatic nitrogens is 9. The standard InChI is InChI=1S/2C16H18Cl2N6.C9H12ClN5.C7H4.C4H10O.CH4.2ClH.H3N/c2*1-3-7-19-14-22-15(20-8-4-2)24-16(23-14)21-10-11-5-6-12(17)13(18)9-11;1-3-5-11-8-13-7(10)14-9(15-8)12-6-4-2;1-3-5-7-6-4-2;1-3-5-4-2;;;;/h2*1,5-6,9H,4,7-8,10H2,2H3,(H3,19,20,21,22,23,24);1H,4-6H2,2H3,(H2,11,12,13,14,15);1H,2H3;3-4H2,1-2H3;1H4;2*1H;1H3. The van der Waals surface area contributed by atoms with Crippen LogP contribution in [0.2, 0.25) is 25.4 Å². The molecule has 11 N–H and O–H groups in total. The summed E-state index contributed by atoms with van der Waals surface area (Å²) in [6.45, 7) is 17.9. The van der Waals surface area contributed by atoms with Crippen molar-refractivity contribution in [2.24, 2.45) is 0 Å². The predicted molar refractivity (Wildman–Crippen MR) is 339 cm³/mol. The average molecular weight is 1220 g/mol. The van der Waals surface area contributed by atoms with E-state index in [-0.39, 0.29) is 43.7 Å². The Morgan fingerprint density at radius 2 is 0.759 bits per heavy atom. The first-order valence-electron chi connectivity index (χ1n) is 23.3. The minimum absolute atomic E-state index is 0. The predicted octanol–water partition coefficient (Wildman–Crippen LogP) is 12.0. The van der Waals surface area contributed by atoms with Gasteiger partial charge in [0.1, 0.15) is 0 Å². The Hall–Kier alpha value is -6.82. The van der Waals surface area contributed by atoms with Crippen molar-refractivity contribution in [2.45, 2.75) is 81.3 Å². The molecule has 2 aromatic carbocycles. The highest BCUT2D eigenvalue weighted by Gasteiger charge is 2.09. The minimum atomic E-state index is 0. The smallest absolute Gasteiger partial charge is 0.230 e. The van der Waals surface area contributed by atoms with Crippen molar-refractivity contribution < 1.29 is 4.74 Å². The number of ether oxygens (including phenoxy) is 1. The number of hydrogen-bond acceptors (Lipinski definition) is 19. The maximum absolute atomic E-state index is 6.02. The summed E-state index contributed by atoms with van der Waals surface area (Å²) in [6, 6.07) is 10.9. The Bertz CT molecular complexity index is 2650. The van der Waals surface area contributed by atoms with E-state index in [2.05, 4.69) is 149 Å². The lowest BCUT2D eigenvalue weighted by atomic mass is 10.2. The maximum atomic E-state index is 6.02. The summed E-state index contributed by atoms with van der Waals surface area (Å²) in [7, 11) is 0. The van der Waals surface area contributed by atoms with Gasteiger partial charge in [-0.15, -0.1) is 50.5 Å². The van der Waals surface area contributed by atoms with E-state index in [9.17, 15) is 0 Å². The van der Waals surface area contributed by atoms with Gasteiger partial charge in [-0.3, -0.25) is 0 Å². The van der Waals surface area contributed by atoms with Gasteiger partial charge >= 0.3 is 0 Å². The van der Waals surface area contributed by atoms with Crippen LogP contribution in [0, 0.1) is 73.1 Å². The molecule has 428 valence electrons. The van der Waals surface area contributed by atoms with Gasteiger partial charge in [-0.25, -0.2) is 0 Å². The first kappa shape index (κ1) is 78.7. The number of terminal acetylenes is 4. The van der Waals surface area contributed by atoms with Gasteiger partial charge < -0.3 is 53.4 Å². The van der Waals surface area contributed by atoms with Crippen LogP contribution in [0.15, 0.2) is 36.4 Å². The van der Waals surface area contributed by atoms with E-state index in [4.69, 9.17) is 88.4 Å². The molecule has 0 fully saturated rings. The summed E-state index contributed by atoms with van der Waals surface area (Å²) in [6.07, 6.45) is 23.3. The Morgan fingerprint density at radius 3 is 1.04 bits per heavy atom. The number of halogens is 7. The zero-order chi connectivity index (χ0) is 55.5. The van der Waals surface area contributed by atoms with E-state index in [1.54, 1.807) is 31.2 Å². The zero-order valence-electron chi connectivity index (χ0n) is 44.3. The number of anilines is 8. The summed E-state index contributed by atoms with van der Waals surface area (Å²) in [5, 5.41) is 26.5. The summed E-state index contributed by atoms with van der Waals surface area (Å²) >= 11 is 29.6. The van der Waals surface area contributed by atoms with Crippen LogP contribution < -0.4 is 48.7 Å². The normalized spacial score (nSPS) is 8.75.